The summed E-state index contributed by atoms with van der Waals surface area (Å²) in [4.78, 5) is 14.6. The summed E-state index contributed by atoms with van der Waals surface area (Å²) in [6.07, 6.45) is 3.09. The normalized spacial score (nSPS) is 23.7. The molecule has 0 spiro atoms. The lowest BCUT2D eigenvalue weighted by Crippen LogP contribution is -2.51. The number of amides is 1. The van der Waals surface area contributed by atoms with Gasteiger partial charge in [0.25, 0.3) is 0 Å². The van der Waals surface area contributed by atoms with Gasteiger partial charge in [0.2, 0.25) is 5.91 Å². The zero-order valence-electron chi connectivity index (χ0n) is 14.6. The van der Waals surface area contributed by atoms with Gasteiger partial charge in [0.1, 0.15) is 0 Å². The first-order chi connectivity index (χ1) is 10.6. The van der Waals surface area contributed by atoms with Crippen LogP contribution in [-0.2, 0) is 4.79 Å². The molecule has 3 nitrogen and oxygen atoms in total. The molecule has 4 atom stereocenters. The van der Waals surface area contributed by atoms with E-state index >= 15 is 0 Å². The number of nitrogens with zero attached hydrogens (tertiary/aromatic N) is 1. The number of halogens is 1. The highest BCUT2D eigenvalue weighted by molar-refractivity contribution is 5.85. The van der Waals surface area contributed by atoms with Crippen LogP contribution in [0.2, 0.25) is 0 Å². The molecule has 1 aliphatic heterocycles. The maximum absolute atomic E-state index is 12.6. The van der Waals surface area contributed by atoms with E-state index in [1.165, 1.54) is 5.56 Å². The molecule has 1 aliphatic rings. The molecular weight excluding hydrogens is 308 g/mol. The molecule has 1 saturated heterocycles. The topological polar surface area (TPSA) is 46.3 Å². The molecule has 0 bridgehead atoms. The van der Waals surface area contributed by atoms with Gasteiger partial charge in [-0.1, -0.05) is 63.9 Å². The van der Waals surface area contributed by atoms with Crippen molar-refractivity contribution in [2.45, 2.75) is 52.0 Å². The van der Waals surface area contributed by atoms with Gasteiger partial charge in [-0.05, 0) is 29.7 Å². The number of carbonyl (C=O) groups excluding carboxylic acids is 1. The molecule has 4 heteroatoms. The molecule has 1 aromatic rings. The van der Waals surface area contributed by atoms with Crippen molar-refractivity contribution >= 4 is 18.3 Å². The summed E-state index contributed by atoms with van der Waals surface area (Å²) < 4.78 is 0. The Labute approximate surface area is 147 Å². The first-order valence-electron chi connectivity index (χ1n) is 8.67. The van der Waals surface area contributed by atoms with E-state index < -0.39 is 0 Å². The molecular formula is C19H31ClN2O. The highest BCUT2D eigenvalue weighted by atomic mass is 35.5. The van der Waals surface area contributed by atoms with E-state index in [9.17, 15) is 4.79 Å². The second kappa shape index (κ2) is 9.29. The van der Waals surface area contributed by atoms with Gasteiger partial charge in [-0.2, -0.15) is 0 Å². The second-order valence-electron chi connectivity index (χ2n) is 6.67. The highest BCUT2D eigenvalue weighted by Gasteiger charge is 2.33. The number of hydrogen-bond acceptors (Lipinski definition) is 2. The fourth-order valence-electron chi connectivity index (χ4n) is 3.49. The molecule has 130 valence electrons. The number of carbonyl (C=O) groups is 1. The summed E-state index contributed by atoms with van der Waals surface area (Å²) in [6.45, 7) is 8.06. The SMILES string of the molecule is CCC(C)C(N)C(=O)N1CCC(c2ccccc2)C(CC)C1.Cl. The molecule has 0 aromatic heterocycles. The lowest BCUT2D eigenvalue weighted by molar-refractivity contribution is -0.135. The predicted molar refractivity (Wildman–Crippen MR) is 98.8 cm³/mol. The van der Waals surface area contributed by atoms with Crippen LogP contribution in [0.15, 0.2) is 30.3 Å². The van der Waals surface area contributed by atoms with Crippen LogP contribution in [0, 0.1) is 11.8 Å². The Hall–Kier alpha value is -1.06. The maximum atomic E-state index is 12.6. The molecule has 1 aromatic carbocycles. The van der Waals surface area contributed by atoms with Gasteiger partial charge in [-0.25, -0.2) is 0 Å². The Balaban J connectivity index is 0.00000264. The molecule has 1 heterocycles. The van der Waals surface area contributed by atoms with E-state index in [-0.39, 0.29) is 30.3 Å². The molecule has 2 rings (SSSR count). The van der Waals surface area contributed by atoms with Crippen molar-refractivity contribution in [2.75, 3.05) is 13.1 Å². The van der Waals surface area contributed by atoms with Crippen LogP contribution in [0.1, 0.15) is 51.5 Å². The summed E-state index contributed by atoms with van der Waals surface area (Å²) >= 11 is 0. The number of likely N-dealkylation sites (tertiary alicyclic amines) is 1. The third kappa shape index (κ3) is 4.71. The van der Waals surface area contributed by atoms with Crippen LogP contribution in [0.5, 0.6) is 0 Å². The Morgan fingerprint density at radius 1 is 1.30 bits per heavy atom. The fraction of sp³-hybridized carbons (Fsp3) is 0.632. The van der Waals surface area contributed by atoms with Gasteiger partial charge in [0, 0.05) is 13.1 Å². The van der Waals surface area contributed by atoms with Crippen LogP contribution in [0.3, 0.4) is 0 Å². The second-order valence-corrected chi connectivity index (χ2v) is 6.67. The van der Waals surface area contributed by atoms with Crippen molar-refractivity contribution in [1.29, 1.82) is 0 Å². The van der Waals surface area contributed by atoms with Crippen LogP contribution in [-0.4, -0.2) is 29.9 Å². The van der Waals surface area contributed by atoms with E-state index in [2.05, 4.69) is 51.1 Å². The summed E-state index contributed by atoms with van der Waals surface area (Å²) in [6, 6.07) is 10.4. The molecule has 0 aliphatic carbocycles. The Morgan fingerprint density at radius 2 is 1.96 bits per heavy atom. The third-order valence-electron chi connectivity index (χ3n) is 5.34. The lowest BCUT2D eigenvalue weighted by Gasteiger charge is -2.40. The summed E-state index contributed by atoms with van der Waals surface area (Å²) in [5.74, 6) is 1.48. The number of benzene rings is 1. The van der Waals surface area contributed by atoms with Crippen molar-refractivity contribution in [2.24, 2.45) is 17.6 Å². The third-order valence-corrected chi connectivity index (χ3v) is 5.34. The highest BCUT2D eigenvalue weighted by Crippen LogP contribution is 2.35. The number of nitrogens with two attached hydrogens (primary N) is 1. The molecule has 0 saturated carbocycles. The van der Waals surface area contributed by atoms with Gasteiger partial charge >= 0.3 is 0 Å². The van der Waals surface area contributed by atoms with Crippen LogP contribution >= 0.6 is 12.4 Å². The van der Waals surface area contributed by atoms with Crippen LogP contribution < -0.4 is 5.73 Å². The molecule has 23 heavy (non-hydrogen) atoms. The van der Waals surface area contributed by atoms with Gasteiger partial charge in [0.05, 0.1) is 6.04 Å². The van der Waals surface area contributed by atoms with E-state index in [4.69, 9.17) is 5.73 Å². The van der Waals surface area contributed by atoms with Gasteiger partial charge in [0.15, 0.2) is 0 Å². The minimum atomic E-state index is -0.351. The summed E-state index contributed by atoms with van der Waals surface area (Å²) in [5.41, 5.74) is 7.55. The first kappa shape index (κ1) is 20.0. The molecule has 1 amide bonds. The minimum Gasteiger partial charge on any atom is -0.341 e. The maximum Gasteiger partial charge on any atom is 0.239 e. The molecule has 0 radical (unpaired) electrons. The van der Waals surface area contributed by atoms with Gasteiger partial charge < -0.3 is 10.6 Å². The average Bonchev–Trinajstić information content (AvgIpc) is 2.59. The number of piperidine rings is 1. The van der Waals surface area contributed by atoms with Crippen molar-refractivity contribution in [3.63, 3.8) is 0 Å². The number of rotatable bonds is 5. The largest absolute Gasteiger partial charge is 0.341 e. The van der Waals surface area contributed by atoms with Crippen LogP contribution in [0.25, 0.3) is 0 Å². The first-order valence-corrected chi connectivity index (χ1v) is 8.67. The minimum absolute atomic E-state index is 0. The lowest BCUT2D eigenvalue weighted by atomic mass is 9.79. The predicted octanol–water partition coefficient (Wildman–Crippen LogP) is 3.82. The van der Waals surface area contributed by atoms with Crippen molar-refractivity contribution in [1.82, 2.24) is 4.90 Å². The quantitative estimate of drug-likeness (QED) is 0.887. The van der Waals surface area contributed by atoms with Gasteiger partial charge in [-0.15, -0.1) is 12.4 Å². The standard InChI is InChI=1S/C19H30N2O.ClH/c1-4-14(3)18(20)19(22)21-12-11-17(15(5-2)13-21)16-9-7-6-8-10-16;/h6-10,14-15,17-18H,4-5,11-13,20H2,1-3H3;1H. The van der Waals surface area contributed by atoms with E-state index in [1.54, 1.807) is 0 Å². The van der Waals surface area contributed by atoms with Crippen molar-refractivity contribution in [3.05, 3.63) is 35.9 Å². The Morgan fingerprint density at radius 3 is 2.52 bits per heavy atom. The van der Waals surface area contributed by atoms with Crippen molar-refractivity contribution in [3.8, 4) is 0 Å². The smallest absolute Gasteiger partial charge is 0.239 e. The molecule has 2 N–H and O–H groups in total. The monoisotopic (exact) mass is 338 g/mol. The zero-order chi connectivity index (χ0) is 16.1. The van der Waals surface area contributed by atoms with E-state index in [0.29, 0.717) is 11.8 Å². The van der Waals surface area contributed by atoms with E-state index in [0.717, 1.165) is 32.4 Å². The summed E-state index contributed by atoms with van der Waals surface area (Å²) in [7, 11) is 0. The average molecular weight is 339 g/mol. The Kier molecular flexibility index (Phi) is 8.07. The molecule has 1 fully saturated rings. The Bertz CT molecular complexity index is 480. The van der Waals surface area contributed by atoms with E-state index in [1.807, 2.05) is 4.90 Å². The fourth-order valence-corrected chi connectivity index (χ4v) is 3.49. The zero-order valence-corrected chi connectivity index (χ0v) is 15.4. The summed E-state index contributed by atoms with van der Waals surface area (Å²) in [5, 5.41) is 0. The molecule has 4 unspecified atom stereocenters. The number of hydrogen-bond donors (Lipinski definition) is 1. The van der Waals surface area contributed by atoms with Crippen molar-refractivity contribution < 1.29 is 4.79 Å². The van der Waals surface area contributed by atoms with Gasteiger partial charge in [-0.3, -0.25) is 4.79 Å². The van der Waals surface area contributed by atoms with Crippen LogP contribution in [0.4, 0.5) is 0 Å².